The van der Waals surface area contributed by atoms with Crippen molar-refractivity contribution in [2.75, 3.05) is 0 Å². The van der Waals surface area contributed by atoms with Gasteiger partial charge in [-0.05, 0) is 36.5 Å². The van der Waals surface area contributed by atoms with Crippen molar-refractivity contribution < 1.29 is 43.2 Å². The van der Waals surface area contributed by atoms with Crippen molar-refractivity contribution in [2.45, 2.75) is 60.1 Å². The molecule has 1 aromatic heterocycles. The van der Waals surface area contributed by atoms with Crippen LogP contribution in [-0.4, -0.2) is 22.1 Å². The summed E-state index contributed by atoms with van der Waals surface area (Å²) in [4.78, 5) is 15.6. The first-order chi connectivity index (χ1) is 17.6. The number of carbonyl (C=O) groups is 1. The molecule has 1 N–H and O–H groups in total. The summed E-state index contributed by atoms with van der Waals surface area (Å²) in [5.74, 6) is -3.14. The van der Waals surface area contributed by atoms with Crippen molar-refractivity contribution in [3.63, 3.8) is 0 Å². The molecule has 0 unspecified atom stereocenters. The van der Waals surface area contributed by atoms with E-state index in [-0.39, 0.29) is 31.6 Å². The summed E-state index contributed by atoms with van der Waals surface area (Å²) in [6.07, 6.45) is -4.63. The van der Waals surface area contributed by atoms with Gasteiger partial charge in [-0.1, -0.05) is 82.0 Å². The number of alkyl halides is 3. The van der Waals surface area contributed by atoms with Gasteiger partial charge in [0.25, 0.3) is 0 Å². The monoisotopic (exact) mass is 713 g/mol. The summed E-state index contributed by atoms with van der Waals surface area (Å²) in [5.41, 5.74) is 7.06. The van der Waals surface area contributed by atoms with Gasteiger partial charge in [-0.3, -0.25) is 9.78 Å². The standard InChI is InChI=1S/C25H24N.C7H9F3O2.Ir/c1-16-9-8-12-22-24(16)17(2)13-23(26-22)19-14-18-10-6-7-11-20(18)21(15-19)25(3,4)5;1-4(2)5(11)3-6(12)7(8,9)10;/h6-13,15H,1-5H3;3-4,12H,1-2H3;/q-1;;/b;6-3-;. The maximum Gasteiger partial charge on any atom is 0.448 e. The molecule has 4 rings (SSSR count). The molecule has 0 saturated heterocycles. The Morgan fingerprint density at radius 3 is 2.21 bits per heavy atom. The summed E-state index contributed by atoms with van der Waals surface area (Å²) in [7, 11) is 0. The largest absolute Gasteiger partial charge is 0.504 e. The molecule has 4 aromatic rings. The molecule has 1 heterocycles. The molecule has 1 radical (unpaired) electrons. The van der Waals surface area contributed by atoms with E-state index in [0.29, 0.717) is 0 Å². The van der Waals surface area contributed by atoms with Gasteiger partial charge in [-0.2, -0.15) is 13.2 Å². The fraction of sp³-hybridized carbons (Fsp3) is 0.312. The summed E-state index contributed by atoms with van der Waals surface area (Å²) >= 11 is 0. The van der Waals surface area contributed by atoms with Gasteiger partial charge >= 0.3 is 6.18 Å². The Labute approximate surface area is 241 Å². The van der Waals surface area contributed by atoms with Crippen molar-refractivity contribution in [1.29, 1.82) is 0 Å². The van der Waals surface area contributed by atoms with E-state index in [4.69, 9.17) is 10.1 Å². The van der Waals surface area contributed by atoms with Crippen LogP contribution in [0.3, 0.4) is 0 Å². The number of aryl methyl sites for hydroxylation is 2. The minimum Gasteiger partial charge on any atom is -0.504 e. The van der Waals surface area contributed by atoms with Gasteiger partial charge in [0.1, 0.15) is 0 Å². The molecule has 7 heteroatoms. The summed E-state index contributed by atoms with van der Waals surface area (Å²) < 4.78 is 34.8. The smallest absolute Gasteiger partial charge is 0.448 e. The number of benzene rings is 3. The molecule has 3 aromatic carbocycles. The first-order valence-corrected chi connectivity index (χ1v) is 12.4. The topological polar surface area (TPSA) is 50.2 Å². The number of fused-ring (bicyclic) bond motifs is 2. The zero-order valence-corrected chi connectivity index (χ0v) is 25.5. The maximum absolute atomic E-state index is 11.6. The van der Waals surface area contributed by atoms with E-state index in [0.717, 1.165) is 22.2 Å². The number of halogens is 3. The van der Waals surface area contributed by atoms with Crippen molar-refractivity contribution in [3.8, 4) is 11.3 Å². The number of nitrogens with zero attached hydrogens (tertiary/aromatic N) is 1. The van der Waals surface area contributed by atoms with Crippen LogP contribution in [0.15, 0.2) is 66.4 Å². The second-order valence-corrected chi connectivity index (χ2v) is 10.8. The molecule has 0 amide bonds. The number of aliphatic hydroxyl groups excluding tert-OH is 1. The molecule has 0 bridgehead atoms. The van der Waals surface area contributed by atoms with Crippen LogP contribution in [-0.2, 0) is 30.3 Å². The van der Waals surface area contributed by atoms with E-state index in [1.807, 2.05) is 0 Å². The van der Waals surface area contributed by atoms with Gasteiger partial charge in [0, 0.05) is 43.2 Å². The predicted octanol–water partition coefficient (Wildman–Crippen LogP) is 8.98. The second kappa shape index (κ2) is 12.4. The summed E-state index contributed by atoms with van der Waals surface area (Å²) in [6, 6.07) is 22.9. The minimum absolute atomic E-state index is 0. The quantitative estimate of drug-likeness (QED) is 0.131. The van der Waals surface area contributed by atoms with Crippen LogP contribution in [0.4, 0.5) is 13.2 Å². The number of aromatic nitrogens is 1. The van der Waals surface area contributed by atoms with E-state index < -0.39 is 23.6 Å². The SMILES string of the molecule is CC(C)C(=O)/C=C(\O)C(F)(F)F.Cc1cccc2nc(-c3[c-]c4ccccc4c(C(C)(C)C)c3)cc(C)c12.[Ir]. The van der Waals surface area contributed by atoms with E-state index in [2.05, 4.69) is 95.3 Å². The molecule has 0 aliphatic heterocycles. The molecule has 39 heavy (non-hydrogen) atoms. The number of allylic oxidation sites excluding steroid dienone is 2. The van der Waals surface area contributed by atoms with Crippen molar-refractivity contribution >= 4 is 27.5 Å². The Balaban J connectivity index is 0.000000352. The van der Waals surface area contributed by atoms with Crippen LogP contribution >= 0.6 is 0 Å². The summed E-state index contributed by atoms with van der Waals surface area (Å²) in [6.45, 7) is 14.0. The number of hydrogen-bond acceptors (Lipinski definition) is 3. The van der Waals surface area contributed by atoms with Gasteiger partial charge in [0.05, 0.1) is 5.52 Å². The molecule has 3 nitrogen and oxygen atoms in total. The van der Waals surface area contributed by atoms with E-state index in [1.165, 1.54) is 41.3 Å². The van der Waals surface area contributed by atoms with Crippen molar-refractivity contribution in [2.24, 2.45) is 5.92 Å². The molecule has 209 valence electrons. The average molecular weight is 713 g/mol. The van der Waals surface area contributed by atoms with Crippen LogP contribution in [0.1, 0.15) is 51.3 Å². The Morgan fingerprint density at radius 1 is 0.974 bits per heavy atom. The van der Waals surface area contributed by atoms with Crippen molar-refractivity contribution in [1.82, 2.24) is 4.98 Å². The number of aliphatic hydroxyl groups is 1. The first kappa shape index (κ1) is 32.2. The molecule has 0 spiro atoms. The van der Waals surface area contributed by atoms with Gasteiger partial charge < -0.3 is 5.11 Å². The van der Waals surface area contributed by atoms with Crippen LogP contribution in [0.5, 0.6) is 0 Å². The van der Waals surface area contributed by atoms with E-state index >= 15 is 0 Å². The number of ketones is 1. The fourth-order valence-corrected chi connectivity index (χ4v) is 4.21. The second-order valence-electron chi connectivity index (χ2n) is 10.8. The number of rotatable bonds is 3. The minimum atomic E-state index is -4.83. The van der Waals surface area contributed by atoms with Crippen molar-refractivity contribution in [3.05, 3.63) is 89.2 Å². The van der Waals surface area contributed by atoms with E-state index in [9.17, 15) is 18.0 Å². The molecule has 0 saturated carbocycles. The van der Waals surface area contributed by atoms with E-state index in [1.54, 1.807) is 0 Å². The zero-order chi connectivity index (χ0) is 28.4. The third-order valence-electron chi connectivity index (χ3n) is 6.24. The Kier molecular flexibility index (Phi) is 10.3. The van der Waals surface area contributed by atoms with Crippen LogP contribution < -0.4 is 0 Å². The Bertz CT molecular complexity index is 1520. The third-order valence-corrected chi connectivity index (χ3v) is 6.24. The Hall–Kier alpha value is -3.02. The van der Waals surface area contributed by atoms with Crippen LogP contribution in [0.2, 0.25) is 0 Å². The average Bonchev–Trinajstić information content (AvgIpc) is 2.82. The van der Waals surface area contributed by atoms with Crippen LogP contribution in [0, 0.1) is 25.8 Å². The summed E-state index contributed by atoms with van der Waals surface area (Å²) in [5, 5.41) is 12.0. The molecular formula is C32H33F3IrNO2-. The fourth-order valence-electron chi connectivity index (χ4n) is 4.21. The van der Waals surface area contributed by atoms with Gasteiger partial charge in [-0.25, -0.2) is 0 Å². The number of pyridine rings is 1. The predicted molar refractivity (Wildman–Crippen MR) is 148 cm³/mol. The maximum atomic E-state index is 11.6. The van der Waals surface area contributed by atoms with Gasteiger partial charge in [-0.15, -0.1) is 29.1 Å². The third kappa shape index (κ3) is 7.77. The van der Waals surface area contributed by atoms with Gasteiger partial charge in [0.2, 0.25) is 5.76 Å². The normalized spacial score (nSPS) is 12.2. The molecule has 0 atom stereocenters. The Morgan fingerprint density at radius 2 is 1.62 bits per heavy atom. The first-order valence-electron chi connectivity index (χ1n) is 12.4. The number of hydrogen-bond donors (Lipinski definition) is 1. The number of carbonyl (C=O) groups excluding carboxylic acids is 1. The van der Waals surface area contributed by atoms with Crippen LogP contribution in [0.25, 0.3) is 32.9 Å². The molecule has 0 aliphatic rings. The molecular weight excluding hydrogens is 680 g/mol. The molecule has 0 aliphatic carbocycles. The van der Waals surface area contributed by atoms with Gasteiger partial charge in [0.15, 0.2) is 5.78 Å². The molecule has 0 fully saturated rings. The zero-order valence-electron chi connectivity index (χ0n) is 23.1.